The highest BCUT2D eigenvalue weighted by atomic mass is 16.3. The maximum absolute atomic E-state index is 12.3. The summed E-state index contributed by atoms with van der Waals surface area (Å²) in [6.45, 7) is 5.26. The Morgan fingerprint density at radius 1 is 1.35 bits per heavy atom. The Hall–Kier alpha value is -1.65. The molecule has 0 saturated heterocycles. The van der Waals surface area contributed by atoms with Crippen molar-refractivity contribution in [2.24, 2.45) is 0 Å². The van der Waals surface area contributed by atoms with Gasteiger partial charge in [0.2, 0.25) is 5.78 Å². The first-order valence-electron chi connectivity index (χ1n) is 6.98. The van der Waals surface area contributed by atoms with E-state index in [9.17, 15) is 4.79 Å². The van der Waals surface area contributed by atoms with Crippen molar-refractivity contribution in [1.82, 2.24) is 4.90 Å². The fourth-order valence-corrected chi connectivity index (χ4v) is 2.18. The van der Waals surface area contributed by atoms with Crippen molar-refractivity contribution < 1.29 is 14.3 Å². The molecule has 0 amide bonds. The Balaban J connectivity index is 2.09. The molecule has 1 heterocycles. The summed E-state index contributed by atoms with van der Waals surface area (Å²) in [6.07, 6.45) is 0.672. The molecule has 0 unspecified atom stereocenters. The maximum atomic E-state index is 12.3. The molecule has 0 aliphatic rings. The summed E-state index contributed by atoms with van der Waals surface area (Å²) in [5.74, 6) is 0.383. The summed E-state index contributed by atoms with van der Waals surface area (Å²) in [5.41, 5.74) is 0.738. The number of rotatable bonds is 7. The van der Waals surface area contributed by atoms with Crippen molar-refractivity contribution in [2.75, 3.05) is 19.7 Å². The topological polar surface area (TPSA) is 53.7 Å². The summed E-state index contributed by atoms with van der Waals surface area (Å²) >= 11 is 0. The molecule has 0 spiro atoms. The fourth-order valence-electron chi connectivity index (χ4n) is 2.18. The predicted octanol–water partition coefficient (Wildman–Crippen LogP) is 2.71. The average molecular weight is 275 g/mol. The number of aliphatic hydroxyl groups excluding tert-OH is 1. The minimum absolute atomic E-state index is 0.0205. The van der Waals surface area contributed by atoms with Crippen LogP contribution in [0.3, 0.4) is 0 Å². The standard InChI is InChI=1S/C16H21NO3/c1-12(2)17(8-5-9-18)11-14(19)16-10-13-6-3-4-7-15(13)20-16/h3-4,6-7,10,12,18H,5,8-9,11H2,1-2H3. The predicted molar refractivity (Wildman–Crippen MR) is 79.0 cm³/mol. The van der Waals surface area contributed by atoms with Gasteiger partial charge in [0.15, 0.2) is 5.76 Å². The van der Waals surface area contributed by atoms with Crippen LogP contribution in [0.1, 0.15) is 30.8 Å². The molecule has 4 nitrogen and oxygen atoms in total. The van der Waals surface area contributed by atoms with Gasteiger partial charge in [-0.25, -0.2) is 0 Å². The summed E-state index contributed by atoms with van der Waals surface area (Å²) in [5, 5.41) is 9.86. The van der Waals surface area contributed by atoms with E-state index in [0.717, 1.165) is 11.0 Å². The largest absolute Gasteiger partial charge is 0.453 e. The van der Waals surface area contributed by atoms with E-state index < -0.39 is 0 Å². The first-order valence-corrected chi connectivity index (χ1v) is 6.98. The number of aliphatic hydroxyl groups is 1. The number of fused-ring (bicyclic) bond motifs is 1. The van der Waals surface area contributed by atoms with Gasteiger partial charge in [0, 0.05) is 24.6 Å². The smallest absolute Gasteiger partial charge is 0.211 e. The zero-order valence-corrected chi connectivity index (χ0v) is 12.0. The van der Waals surface area contributed by atoms with Crippen molar-refractivity contribution in [3.8, 4) is 0 Å². The monoisotopic (exact) mass is 275 g/mol. The number of hydrogen-bond acceptors (Lipinski definition) is 4. The third-order valence-electron chi connectivity index (χ3n) is 3.38. The zero-order valence-electron chi connectivity index (χ0n) is 12.0. The number of para-hydroxylation sites is 1. The Morgan fingerprint density at radius 3 is 2.75 bits per heavy atom. The summed E-state index contributed by atoms with van der Waals surface area (Å²) in [4.78, 5) is 14.3. The Labute approximate surface area is 119 Å². The van der Waals surface area contributed by atoms with Crippen LogP contribution in [0.4, 0.5) is 0 Å². The van der Waals surface area contributed by atoms with Gasteiger partial charge in [-0.3, -0.25) is 9.69 Å². The van der Waals surface area contributed by atoms with Gasteiger partial charge in [-0.1, -0.05) is 18.2 Å². The number of carbonyl (C=O) groups excluding carboxylic acids is 1. The van der Waals surface area contributed by atoms with Crippen LogP contribution in [0, 0.1) is 0 Å². The van der Waals surface area contributed by atoms with E-state index in [1.165, 1.54) is 0 Å². The van der Waals surface area contributed by atoms with Crippen LogP contribution in [0.2, 0.25) is 0 Å². The van der Waals surface area contributed by atoms with Crippen molar-refractivity contribution in [2.45, 2.75) is 26.3 Å². The number of hydrogen-bond donors (Lipinski definition) is 1. The van der Waals surface area contributed by atoms with Crippen LogP contribution in [0.25, 0.3) is 11.0 Å². The van der Waals surface area contributed by atoms with Gasteiger partial charge in [0.05, 0.1) is 6.54 Å². The highest BCUT2D eigenvalue weighted by Crippen LogP contribution is 2.19. The van der Waals surface area contributed by atoms with Crippen LogP contribution < -0.4 is 0 Å². The van der Waals surface area contributed by atoms with Gasteiger partial charge in [0.1, 0.15) is 5.58 Å². The van der Waals surface area contributed by atoms with E-state index >= 15 is 0 Å². The van der Waals surface area contributed by atoms with E-state index in [1.807, 2.05) is 43.0 Å². The van der Waals surface area contributed by atoms with Crippen LogP contribution >= 0.6 is 0 Å². The summed E-state index contributed by atoms with van der Waals surface area (Å²) in [7, 11) is 0. The van der Waals surface area contributed by atoms with Crippen molar-refractivity contribution >= 4 is 16.8 Å². The average Bonchev–Trinajstić information content (AvgIpc) is 2.86. The van der Waals surface area contributed by atoms with Crippen LogP contribution in [-0.2, 0) is 0 Å². The van der Waals surface area contributed by atoms with Crippen molar-refractivity contribution in [3.05, 3.63) is 36.1 Å². The number of Topliss-reactive ketones (excluding diaryl/α,β-unsaturated/α-hetero) is 1. The van der Waals surface area contributed by atoms with Crippen LogP contribution in [-0.4, -0.2) is 41.5 Å². The molecule has 0 atom stereocenters. The Morgan fingerprint density at radius 2 is 2.10 bits per heavy atom. The van der Waals surface area contributed by atoms with Crippen molar-refractivity contribution in [1.29, 1.82) is 0 Å². The van der Waals surface area contributed by atoms with Gasteiger partial charge in [0.25, 0.3) is 0 Å². The third-order valence-corrected chi connectivity index (χ3v) is 3.38. The molecule has 1 aromatic heterocycles. The number of benzene rings is 1. The Kier molecular flexibility index (Phi) is 4.93. The molecule has 4 heteroatoms. The molecule has 2 rings (SSSR count). The molecule has 20 heavy (non-hydrogen) atoms. The first kappa shape index (κ1) is 14.8. The molecule has 0 aliphatic carbocycles. The van der Waals surface area contributed by atoms with E-state index in [4.69, 9.17) is 9.52 Å². The lowest BCUT2D eigenvalue weighted by Gasteiger charge is -2.24. The second-order valence-corrected chi connectivity index (χ2v) is 5.21. The molecule has 0 bridgehead atoms. The SMILES string of the molecule is CC(C)N(CCCO)CC(=O)c1cc2ccccc2o1. The molecule has 0 radical (unpaired) electrons. The Bertz CT molecular complexity index is 541. The molecular formula is C16H21NO3. The first-order chi connectivity index (χ1) is 9.61. The maximum Gasteiger partial charge on any atom is 0.211 e. The second kappa shape index (κ2) is 6.68. The van der Waals surface area contributed by atoms with E-state index in [2.05, 4.69) is 0 Å². The number of carbonyl (C=O) groups is 1. The van der Waals surface area contributed by atoms with Gasteiger partial charge < -0.3 is 9.52 Å². The zero-order chi connectivity index (χ0) is 14.5. The molecule has 1 aromatic carbocycles. The molecule has 2 aromatic rings. The molecule has 0 fully saturated rings. The van der Waals surface area contributed by atoms with E-state index in [1.54, 1.807) is 6.07 Å². The highest BCUT2D eigenvalue weighted by molar-refractivity contribution is 5.98. The highest BCUT2D eigenvalue weighted by Gasteiger charge is 2.18. The fraction of sp³-hybridized carbons (Fsp3) is 0.438. The van der Waals surface area contributed by atoms with Gasteiger partial charge in [-0.05, 0) is 32.4 Å². The third kappa shape index (κ3) is 3.46. The van der Waals surface area contributed by atoms with Crippen LogP contribution in [0.5, 0.6) is 0 Å². The molecule has 108 valence electrons. The number of furan rings is 1. The summed E-state index contributed by atoms with van der Waals surface area (Å²) in [6, 6.07) is 9.66. The van der Waals surface area contributed by atoms with Gasteiger partial charge in [-0.2, -0.15) is 0 Å². The number of nitrogens with zero attached hydrogens (tertiary/aromatic N) is 1. The lowest BCUT2D eigenvalue weighted by molar-refractivity contribution is 0.0871. The lowest BCUT2D eigenvalue weighted by atomic mass is 10.2. The van der Waals surface area contributed by atoms with Gasteiger partial charge in [-0.15, -0.1) is 0 Å². The molecule has 0 aliphatic heterocycles. The van der Waals surface area contributed by atoms with Crippen molar-refractivity contribution in [3.63, 3.8) is 0 Å². The molecule has 1 N–H and O–H groups in total. The van der Waals surface area contributed by atoms with Crippen LogP contribution in [0.15, 0.2) is 34.7 Å². The molecule has 0 saturated carbocycles. The van der Waals surface area contributed by atoms with E-state index in [0.29, 0.717) is 25.3 Å². The minimum atomic E-state index is -0.0205. The lowest BCUT2D eigenvalue weighted by Crippen LogP contribution is -2.36. The number of ketones is 1. The minimum Gasteiger partial charge on any atom is -0.453 e. The molecular weight excluding hydrogens is 254 g/mol. The summed E-state index contributed by atoms with van der Waals surface area (Å²) < 4.78 is 5.59. The normalized spacial score (nSPS) is 11.7. The second-order valence-electron chi connectivity index (χ2n) is 5.21. The quantitative estimate of drug-likeness (QED) is 0.789. The van der Waals surface area contributed by atoms with E-state index in [-0.39, 0.29) is 18.4 Å². The van der Waals surface area contributed by atoms with Gasteiger partial charge >= 0.3 is 0 Å².